The van der Waals surface area contributed by atoms with Crippen LogP contribution in [0.5, 0.6) is 0 Å². The maximum absolute atomic E-state index is 14.2. The minimum Gasteiger partial charge on any atom is -0.455 e. The highest BCUT2D eigenvalue weighted by Crippen LogP contribution is 2.66. The van der Waals surface area contributed by atoms with E-state index in [4.69, 9.17) is 9.47 Å². The van der Waals surface area contributed by atoms with Gasteiger partial charge in [-0.25, -0.2) is 4.39 Å². The molecule has 5 nitrogen and oxygen atoms in total. The Morgan fingerprint density at radius 2 is 1.87 bits per heavy atom. The van der Waals surface area contributed by atoms with Crippen LogP contribution in [0.2, 0.25) is 0 Å². The van der Waals surface area contributed by atoms with Crippen LogP contribution in [0, 0.1) is 29.5 Å². The molecular weight excluding hydrogens is 395 g/mol. The first kappa shape index (κ1) is 20.0. The molecule has 31 heavy (non-hydrogen) atoms. The predicted octanol–water partition coefficient (Wildman–Crippen LogP) is 3.47. The van der Waals surface area contributed by atoms with Gasteiger partial charge in [0.2, 0.25) is 0 Å². The molecule has 0 aromatic heterocycles. The van der Waals surface area contributed by atoms with Gasteiger partial charge in [-0.05, 0) is 50.7 Å². The third-order valence-electron chi connectivity index (χ3n) is 9.11. The molecule has 3 heterocycles. The van der Waals surface area contributed by atoms with Crippen molar-refractivity contribution < 1.29 is 18.7 Å². The molecule has 0 bridgehead atoms. The monoisotopic (exact) mass is 428 g/mol. The van der Waals surface area contributed by atoms with Crippen molar-refractivity contribution in [3.05, 3.63) is 30.1 Å². The summed E-state index contributed by atoms with van der Waals surface area (Å²) < 4.78 is 26.7. The first-order valence-electron chi connectivity index (χ1n) is 12.0. The van der Waals surface area contributed by atoms with Gasteiger partial charge in [0.05, 0.1) is 17.2 Å². The van der Waals surface area contributed by atoms with Gasteiger partial charge < -0.3 is 14.4 Å². The number of anilines is 1. The molecule has 6 heteroatoms. The lowest BCUT2D eigenvalue weighted by molar-refractivity contribution is -0.168. The Balaban J connectivity index is 1.17. The van der Waals surface area contributed by atoms with Crippen LogP contribution in [0.4, 0.5) is 10.1 Å². The van der Waals surface area contributed by atoms with Crippen molar-refractivity contribution in [2.75, 3.05) is 37.6 Å². The molecule has 6 rings (SSSR count). The highest BCUT2D eigenvalue weighted by Gasteiger charge is 2.77. The van der Waals surface area contributed by atoms with E-state index in [0.29, 0.717) is 17.5 Å². The molecule has 1 aromatic carbocycles. The molecule has 5 fully saturated rings. The van der Waals surface area contributed by atoms with Gasteiger partial charge in [0, 0.05) is 44.6 Å². The van der Waals surface area contributed by atoms with E-state index in [1.807, 2.05) is 12.1 Å². The van der Waals surface area contributed by atoms with Crippen LogP contribution >= 0.6 is 0 Å². The van der Waals surface area contributed by atoms with Crippen LogP contribution < -0.4 is 4.90 Å². The Hall–Kier alpha value is -1.66. The first-order chi connectivity index (χ1) is 14.9. The number of epoxide rings is 1. The molecule has 0 N–H and O–H groups in total. The van der Waals surface area contributed by atoms with E-state index in [1.54, 1.807) is 6.07 Å². The van der Waals surface area contributed by atoms with Crippen LogP contribution in [0.25, 0.3) is 0 Å². The second-order valence-electron chi connectivity index (χ2n) is 10.7. The number of carbonyl (C=O) groups is 1. The summed E-state index contributed by atoms with van der Waals surface area (Å²) in [6.45, 7) is 8.52. The Labute approximate surface area is 183 Å². The van der Waals surface area contributed by atoms with E-state index in [9.17, 15) is 9.18 Å². The zero-order valence-electron chi connectivity index (χ0n) is 18.6. The second kappa shape index (κ2) is 6.92. The summed E-state index contributed by atoms with van der Waals surface area (Å²) in [6.07, 6.45) is 4.50. The number of ether oxygens (including phenoxy) is 2. The van der Waals surface area contributed by atoms with Crippen LogP contribution in [0.15, 0.2) is 24.3 Å². The molecule has 1 spiro atoms. The van der Waals surface area contributed by atoms with Gasteiger partial charge >= 0.3 is 5.97 Å². The SMILES string of the molecule is C[C@@H]1CC[C@@H]2[C@H](CN3CCN(c4ccccc4F)CC3)C(=O)O[C@@]23[C@@H]1CC[C@@]1(C)O[C@H]31. The topological polar surface area (TPSA) is 45.3 Å². The number of para-hydroxylation sites is 1. The number of hydrogen-bond donors (Lipinski definition) is 0. The highest BCUT2D eigenvalue weighted by molar-refractivity contribution is 5.77. The van der Waals surface area contributed by atoms with Crippen molar-refractivity contribution >= 4 is 11.7 Å². The Morgan fingerprint density at radius 3 is 2.65 bits per heavy atom. The zero-order valence-corrected chi connectivity index (χ0v) is 18.6. The van der Waals surface area contributed by atoms with E-state index >= 15 is 0 Å². The number of halogens is 1. The van der Waals surface area contributed by atoms with Gasteiger partial charge in [0.15, 0.2) is 0 Å². The molecule has 0 unspecified atom stereocenters. The number of hydrogen-bond acceptors (Lipinski definition) is 5. The molecule has 7 atom stereocenters. The van der Waals surface area contributed by atoms with E-state index in [2.05, 4.69) is 23.6 Å². The third-order valence-corrected chi connectivity index (χ3v) is 9.11. The van der Waals surface area contributed by atoms with E-state index < -0.39 is 5.60 Å². The van der Waals surface area contributed by atoms with Gasteiger partial charge in [-0.15, -0.1) is 0 Å². The number of carbonyl (C=O) groups excluding carboxylic acids is 1. The number of nitrogens with zero attached hydrogens (tertiary/aromatic N) is 2. The average molecular weight is 429 g/mol. The quantitative estimate of drug-likeness (QED) is 0.545. The van der Waals surface area contributed by atoms with Crippen molar-refractivity contribution in [3.63, 3.8) is 0 Å². The van der Waals surface area contributed by atoms with Crippen molar-refractivity contribution in [1.29, 1.82) is 0 Å². The number of esters is 1. The van der Waals surface area contributed by atoms with Crippen molar-refractivity contribution in [1.82, 2.24) is 4.90 Å². The lowest BCUT2D eigenvalue weighted by Gasteiger charge is -2.50. The Morgan fingerprint density at radius 1 is 1.10 bits per heavy atom. The molecule has 1 aromatic rings. The lowest BCUT2D eigenvalue weighted by atomic mass is 9.55. The van der Waals surface area contributed by atoms with Crippen LogP contribution in [0.1, 0.15) is 39.5 Å². The standard InChI is InChI=1S/C25H33FN2O3/c1-16-7-8-19-17(22(29)30-25(19)18(16)9-10-24(2)23(25)31-24)15-27-11-13-28(14-12-27)21-6-4-3-5-20(21)26/h3-6,16-19,23H,7-15H2,1-2H3/t16-,17+,18-,19-,23+,24-,25+/m1/s1. The fraction of sp³-hybridized carbons (Fsp3) is 0.720. The number of benzene rings is 1. The summed E-state index contributed by atoms with van der Waals surface area (Å²) >= 11 is 0. The van der Waals surface area contributed by atoms with Crippen molar-refractivity contribution in [2.24, 2.45) is 23.7 Å². The summed E-state index contributed by atoms with van der Waals surface area (Å²) in [5.74, 6) is 1.03. The third kappa shape index (κ3) is 2.90. The van der Waals surface area contributed by atoms with Gasteiger partial charge in [0.1, 0.15) is 17.5 Å². The number of fused-ring (bicyclic) bond motifs is 1. The summed E-state index contributed by atoms with van der Waals surface area (Å²) in [7, 11) is 0. The Kier molecular flexibility index (Phi) is 4.46. The van der Waals surface area contributed by atoms with Crippen LogP contribution in [-0.2, 0) is 14.3 Å². The maximum Gasteiger partial charge on any atom is 0.311 e. The summed E-state index contributed by atoms with van der Waals surface area (Å²) in [6, 6.07) is 6.99. The molecule has 2 aliphatic carbocycles. The molecule has 0 amide bonds. The largest absolute Gasteiger partial charge is 0.455 e. The first-order valence-corrected chi connectivity index (χ1v) is 12.0. The summed E-state index contributed by atoms with van der Waals surface area (Å²) in [5.41, 5.74) is 0.186. The maximum atomic E-state index is 14.2. The average Bonchev–Trinajstić information content (AvgIpc) is 3.39. The molecule has 3 aliphatic heterocycles. The normalized spacial score (nSPS) is 44.3. The summed E-state index contributed by atoms with van der Waals surface area (Å²) in [4.78, 5) is 17.7. The molecular formula is C25H33FN2O3. The molecule has 168 valence electrons. The second-order valence-corrected chi connectivity index (χ2v) is 10.7. The minimum absolute atomic E-state index is 0.0135. The number of piperazine rings is 1. The van der Waals surface area contributed by atoms with Crippen molar-refractivity contribution in [3.8, 4) is 0 Å². The van der Waals surface area contributed by atoms with E-state index in [0.717, 1.165) is 52.0 Å². The van der Waals surface area contributed by atoms with Gasteiger partial charge in [-0.1, -0.05) is 19.1 Å². The van der Waals surface area contributed by atoms with Gasteiger partial charge in [-0.2, -0.15) is 0 Å². The fourth-order valence-electron chi connectivity index (χ4n) is 7.42. The molecule has 5 aliphatic rings. The summed E-state index contributed by atoms with van der Waals surface area (Å²) in [5, 5.41) is 0. The number of rotatable bonds is 3. The minimum atomic E-state index is -0.401. The molecule has 0 radical (unpaired) electrons. The van der Waals surface area contributed by atoms with Gasteiger partial charge in [0.25, 0.3) is 0 Å². The smallest absolute Gasteiger partial charge is 0.311 e. The van der Waals surface area contributed by atoms with E-state index in [1.165, 1.54) is 12.5 Å². The highest BCUT2D eigenvalue weighted by atomic mass is 19.1. The lowest BCUT2D eigenvalue weighted by Crippen LogP contribution is -2.58. The van der Waals surface area contributed by atoms with Gasteiger partial charge in [-0.3, -0.25) is 9.69 Å². The van der Waals surface area contributed by atoms with Crippen molar-refractivity contribution in [2.45, 2.75) is 56.8 Å². The molecule has 3 saturated heterocycles. The Bertz CT molecular complexity index is 887. The fourth-order valence-corrected chi connectivity index (χ4v) is 7.42. The zero-order chi connectivity index (χ0) is 21.4. The molecule has 2 saturated carbocycles. The van der Waals surface area contributed by atoms with Crippen LogP contribution in [-0.4, -0.2) is 60.9 Å². The van der Waals surface area contributed by atoms with Crippen LogP contribution in [0.3, 0.4) is 0 Å². The van der Waals surface area contributed by atoms with E-state index in [-0.39, 0.29) is 35.3 Å². The predicted molar refractivity (Wildman–Crippen MR) is 115 cm³/mol.